The highest BCUT2D eigenvalue weighted by molar-refractivity contribution is 7.86. The SMILES string of the molecule is CN=Nc1ccc(N=Nc2c(S(=O)(=O)O)cc3c(C)c(C)ccc3c2O)cc1. The molecule has 28 heavy (non-hydrogen) atoms. The zero-order chi connectivity index (χ0) is 20.5. The number of rotatable bonds is 4. The third-order valence-corrected chi connectivity index (χ3v) is 5.25. The molecule has 0 saturated heterocycles. The Kier molecular flexibility index (Phi) is 5.21. The Morgan fingerprint density at radius 3 is 2.04 bits per heavy atom. The number of fused-ring (bicyclic) bond motifs is 1. The molecule has 3 rings (SSSR count). The summed E-state index contributed by atoms with van der Waals surface area (Å²) in [6.45, 7) is 3.68. The quantitative estimate of drug-likeness (QED) is 0.442. The van der Waals surface area contributed by atoms with Gasteiger partial charge in [-0.2, -0.15) is 23.8 Å². The van der Waals surface area contributed by atoms with Crippen molar-refractivity contribution in [1.82, 2.24) is 0 Å². The Hall–Kier alpha value is -3.17. The molecular weight excluding hydrogens is 380 g/mol. The molecule has 0 aliphatic heterocycles. The second-order valence-electron chi connectivity index (χ2n) is 6.17. The average Bonchev–Trinajstić information content (AvgIpc) is 2.64. The summed E-state index contributed by atoms with van der Waals surface area (Å²) < 4.78 is 33.4. The number of phenols is 1. The van der Waals surface area contributed by atoms with Crippen LogP contribution in [-0.4, -0.2) is 25.1 Å². The number of benzene rings is 3. The first kappa shape index (κ1) is 19.6. The van der Waals surface area contributed by atoms with E-state index < -0.39 is 15.0 Å². The van der Waals surface area contributed by atoms with Gasteiger partial charge >= 0.3 is 0 Å². The molecule has 3 aromatic rings. The Balaban J connectivity index is 2.19. The molecule has 0 saturated carbocycles. The van der Waals surface area contributed by atoms with Crippen molar-refractivity contribution in [1.29, 1.82) is 0 Å². The van der Waals surface area contributed by atoms with E-state index in [1.807, 2.05) is 13.0 Å². The van der Waals surface area contributed by atoms with Crippen molar-refractivity contribution in [3.63, 3.8) is 0 Å². The van der Waals surface area contributed by atoms with Crippen molar-refractivity contribution >= 4 is 38.0 Å². The summed E-state index contributed by atoms with van der Waals surface area (Å²) in [5, 5.41) is 27.0. The number of aromatic hydroxyl groups is 1. The maximum Gasteiger partial charge on any atom is 0.296 e. The van der Waals surface area contributed by atoms with Gasteiger partial charge < -0.3 is 5.11 Å². The fourth-order valence-electron chi connectivity index (χ4n) is 2.78. The molecule has 8 nitrogen and oxygen atoms in total. The van der Waals surface area contributed by atoms with Gasteiger partial charge in [-0.3, -0.25) is 4.55 Å². The molecule has 0 aromatic heterocycles. The molecule has 0 aliphatic carbocycles. The lowest BCUT2D eigenvalue weighted by Crippen LogP contribution is -1.99. The Labute approximate surface area is 162 Å². The number of nitrogens with zero attached hydrogens (tertiary/aromatic N) is 4. The van der Waals surface area contributed by atoms with E-state index in [-0.39, 0.29) is 11.4 Å². The second-order valence-corrected chi connectivity index (χ2v) is 7.56. The van der Waals surface area contributed by atoms with Crippen LogP contribution >= 0.6 is 0 Å². The van der Waals surface area contributed by atoms with Crippen LogP contribution < -0.4 is 0 Å². The van der Waals surface area contributed by atoms with Gasteiger partial charge in [0.1, 0.15) is 10.6 Å². The van der Waals surface area contributed by atoms with Crippen LogP contribution in [0.4, 0.5) is 17.1 Å². The van der Waals surface area contributed by atoms with E-state index in [4.69, 9.17) is 0 Å². The number of aryl methyl sites for hydroxylation is 2. The van der Waals surface area contributed by atoms with E-state index in [0.29, 0.717) is 22.1 Å². The van der Waals surface area contributed by atoms with Crippen LogP contribution in [0.25, 0.3) is 10.8 Å². The van der Waals surface area contributed by atoms with Crippen LogP contribution in [-0.2, 0) is 10.1 Å². The summed E-state index contributed by atoms with van der Waals surface area (Å²) in [4.78, 5) is -0.508. The standard InChI is InChI=1S/C19H18N4O4S/c1-11-4-9-15-16(12(11)2)10-17(28(25,26)27)18(19(15)24)23-22-14-7-5-13(6-8-14)21-20-3/h4-10,24H,1-3H3,(H,25,26,27). The zero-order valence-electron chi connectivity index (χ0n) is 15.4. The molecule has 0 unspecified atom stereocenters. The normalized spacial score (nSPS) is 12.4. The van der Waals surface area contributed by atoms with Gasteiger partial charge in [-0.15, -0.1) is 5.11 Å². The first-order chi connectivity index (χ1) is 13.2. The minimum absolute atomic E-state index is 0.324. The average molecular weight is 398 g/mol. The summed E-state index contributed by atoms with van der Waals surface area (Å²) in [6, 6.07) is 11.3. The smallest absolute Gasteiger partial charge is 0.296 e. The van der Waals surface area contributed by atoms with Crippen molar-refractivity contribution < 1.29 is 18.1 Å². The van der Waals surface area contributed by atoms with Crippen molar-refractivity contribution in [3.05, 3.63) is 53.6 Å². The first-order valence-corrected chi connectivity index (χ1v) is 9.71. The van der Waals surface area contributed by atoms with Crippen molar-refractivity contribution in [3.8, 4) is 5.75 Å². The lowest BCUT2D eigenvalue weighted by atomic mass is 10.00. The number of azo groups is 2. The van der Waals surface area contributed by atoms with Crippen molar-refractivity contribution in [2.24, 2.45) is 20.5 Å². The van der Waals surface area contributed by atoms with Gasteiger partial charge in [-0.1, -0.05) is 12.1 Å². The largest absolute Gasteiger partial charge is 0.505 e. The Morgan fingerprint density at radius 1 is 0.857 bits per heavy atom. The molecule has 0 atom stereocenters. The fraction of sp³-hybridized carbons (Fsp3) is 0.158. The van der Waals surface area contributed by atoms with E-state index in [1.165, 1.54) is 6.07 Å². The number of phenolic OH excluding ortho intramolecular Hbond substituents is 1. The van der Waals surface area contributed by atoms with E-state index in [1.54, 1.807) is 44.3 Å². The maximum atomic E-state index is 11.9. The molecule has 0 fully saturated rings. The van der Waals surface area contributed by atoms with E-state index in [9.17, 15) is 18.1 Å². The summed E-state index contributed by atoms with van der Waals surface area (Å²) in [5.41, 5.74) is 2.43. The van der Waals surface area contributed by atoms with Gasteiger partial charge in [0.15, 0.2) is 5.75 Å². The molecule has 9 heteroatoms. The summed E-state index contributed by atoms with van der Waals surface area (Å²) in [7, 11) is -3.08. The molecule has 0 amide bonds. The molecule has 0 radical (unpaired) electrons. The molecule has 3 aromatic carbocycles. The van der Waals surface area contributed by atoms with E-state index in [2.05, 4.69) is 20.5 Å². The molecule has 144 valence electrons. The maximum absolute atomic E-state index is 11.9. The zero-order valence-corrected chi connectivity index (χ0v) is 16.3. The highest BCUT2D eigenvalue weighted by Crippen LogP contribution is 2.42. The van der Waals surface area contributed by atoms with Gasteiger partial charge in [0, 0.05) is 12.4 Å². The molecule has 0 aliphatic rings. The van der Waals surface area contributed by atoms with Crippen LogP contribution in [0.3, 0.4) is 0 Å². The van der Waals surface area contributed by atoms with Crippen molar-refractivity contribution in [2.45, 2.75) is 18.7 Å². The molecule has 0 bridgehead atoms. The van der Waals surface area contributed by atoms with E-state index >= 15 is 0 Å². The second kappa shape index (κ2) is 7.45. The van der Waals surface area contributed by atoms with Gasteiger partial charge in [0.05, 0.1) is 11.4 Å². The first-order valence-electron chi connectivity index (χ1n) is 8.27. The monoisotopic (exact) mass is 398 g/mol. The van der Waals surface area contributed by atoms with Crippen LogP contribution in [0.2, 0.25) is 0 Å². The lowest BCUT2D eigenvalue weighted by molar-refractivity contribution is 0.472. The van der Waals surface area contributed by atoms with Gasteiger partial charge in [0.25, 0.3) is 10.1 Å². The fourth-order valence-corrected chi connectivity index (χ4v) is 3.42. The highest BCUT2D eigenvalue weighted by Gasteiger charge is 2.22. The van der Waals surface area contributed by atoms with Crippen LogP contribution in [0, 0.1) is 13.8 Å². The minimum Gasteiger partial charge on any atom is -0.505 e. The predicted molar refractivity (Wildman–Crippen MR) is 106 cm³/mol. The number of hydrogen-bond donors (Lipinski definition) is 2. The van der Waals surface area contributed by atoms with Crippen LogP contribution in [0.15, 0.2) is 67.8 Å². The third-order valence-electron chi connectivity index (χ3n) is 4.38. The summed E-state index contributed by atoms with van der Waals surface area (Å²) in [6.07, 6.45) is 0. The number of hydrogen-bond acceptors (Lipinski definition) is 7. The predicted octanol–water partition coefficient (Wildman–Crippen LogP) is 5.54. The van der Waals surface area contributed by atoms with E-state index in [0.717, 1.165) is 11.1 Å². The Bertz CT molecular complexity index is 1220. The Morgan fingerprint density at radius 2 is 1.46 bits per heavy atom. The molecular formula is C19H18N4O4S. The molecule has 2 N–H and O–H groups in total. The topological polar surface area (TPSA) is 124 Å². The van der Waals surface area contributed by atoms with Gasteiger partial charge in [-0.05, 0) is 60.7 Å². The summed E-state index contributed by atoms with van der Waals surface area (Å²) in [5.74, 6) is -0.367. The molecule has 0 heterocycles. The minimum atomic E-state index is -4.64. The van der Waals surface area contributed by atoms with Crippen molar-refractivity contribution in [2.75, 3.05) is 7.05 Å². The summed E-state index contributed by atoms with van der Waals surface area (Å²) >= 11 is 0. The van der Waals surface area contributed by atoms with Crippen LogP contribution in [0.5, 0.6) is 5.75 Å². The van der Waals surface area contributed by atoms with Gasteiger partial charge in [-0.25, -0.2) is 0 Å². The molecule has 0 spiro atoms. The lowest BCUT2D eigenvalue weighted by Gasteiger charge is -2.12. The van der Waals surface area contributed by atoms with Gasteiger partial charge in [0.2, 0.25) is 0 Å². The van der Waals surface area contributed by atoms with Crippen LogP contribution in [0.1, 0.15) is 11.1 Å². The third kappa shape index (κ3) is 3.75. The highest BCUT2D eigenvalue weighted by atomic mass is 32.2.